The van der Waals surface area contributed by atoms with E-state index in [1.165, 1.54) is 6.08 Å². The van der Waals surface area contributed by atoms with E-state index in [-0.39, 0.29) is 11.0 Å². The first-order valence-electron chi connectivity index (χ1n) is 6.14. The summed E-state index contributed by atoms with van der Waals surface area (Å²) in [5.41, 5.74) is 1.93. The normalized spacial score (nSPS) is 10.6. The van der Waals surface area contributed by atoms with Crippen molar-refractivity contribution in [1.82, 2.24) is 5.32 Å². The molecule has 1 aromatic carbocycles. The van der Waals surface area contributed by atoms with Gasteiger partial charge >= 0.3 is 0 Å². The molecule has 2 aromatic rings. The van der Waals surface area contributed by atoms with Gasteiger partial charge in [-0.1, -0.05) is 0 Å². The Kier molecular flexibility index (Phi) is 5.51. The van der Waals surface area contributed by atoms with Gasteiger partial charge in [-0.25, -0.2) is 0 Å². The Morgan fingerprint density at radius 2 is 2.19 bits per heavy atom. The lowest BCUT2D eigenvalue weighted by Gasteiger charge is -2.10. The molecule has 1 heterocycles. The van der Waals surface area contributed by atoms with Crippen molar-refractivity contribution in [2.75, 3.05) is 5.32 Å². The first kappa shape index (κ1) is 15.7. The fourth-order valence-electron chi connectivity index (χ4n) is 1.62. The van der Waals surface area contributed by atoms with E-state index in [0.29, 0.717) is 5.76 Å². The van der Waals surface area contributed by atoms with Crippen molar-refractivity contribution in [3.8, 4) is 0 Å². The van der Waals surface area contributed by atoms with E-state index in [2.05, 4.69) is 33.2 Å². The molecule has 6 heteroatoms. The maximum Gasteiger partial charge on any atom is 0.250 e. The quantitative estimate of drug-likeness (QED) is 0.459. The van der Waals surface area contributed by atoms with Crippen molar-refractivity contribution < 1.29 is 9.21 Å². The first-order chi connectivity index (χ1) is 10.0. The Morgan fingerprint density at radius 3 is 2.86 bits per heavy atom. The Bertz CT molecular complexity index is 681. The third kappa shape index (κ3) is 4.98. The number of thiocarbonyl (C=S) groups is 1. The Morgan fingerprint density at radius 1 is 1.38 bits per heavy atom. The largest absolute Gasteiger partial charge is 0.465 e. The highest BCUT2D eigenvalue weighted by Gasteiger charge is 2.04. The topological polar surface area (TPSA) is 54.3 Å². The molecule has 2 rings (SSSR count). The Balaban J connectivity index is 1.90. The number of amides is 1. The van der Waals surface area contributed by atoms with Gasteiger partial charge in [-0.15, -0.1) is 0 Å². The zero-order valence-corrected chi connectivity index (χ0v) is 14.2. The molecule has 108 valence electrons. The van der Waals surface area contributed by atoms with Crippen LogP contribution in [0.5, 0.6) is 0 Å². The summed E-state index contributed by atoms with van der Waals surface area (Å²) < 4.78 is 6.24. The highest BCUT2D eigenvalue weighted by Crippen LogP contribution is 2.17. The number of carbonyl (C=O) groups excluding carboxylic acids is 1. The monoisotopic (exact) mass is 412 g/mol. The zero-order chi connectivity index (χ0) is 15.2. The average Bonchev–Trinajstić information content (AvgIpc) is 2.93. The molecule has 4 nitrogen and oxygen atoms in total. The molecular weight excluding hydrogens is 399 g/mol. The summed E-state index contributed by atoms with van der Waals surface area (Å²) >= 11 is 7.36. The number of carbonyl (C=O) groups is 1. The van der Waals surface area contributed by atoms with E-state index in [1.54, 1.807) is 24.5 Å². The summed E-state index contributed by atoms with van der Waals surface area (Å²) in [5.74, 6) is 0.296. The molecule has 0 aliphatic rings. The van der Waals surface area contributed by atoms with Crippen LogP contribution >= 0.6 is 34.8 Å². The van der Waals surface area contributed by atoms with Crippen molar-refractivity contribution in [2.24, 2.45) is 0 Å². The van der Waals surface area contributed by atoms with Gasteiger partial charge in [-0.3, -0.25) is 10.1 Å². The molecule has 1 aromatic heterocycles. The summed E-state index contributed by atoms with van der Waals surface area (Å²) in [5, 5.41) is 5.84. The van der Waals surface area contributed by atoms with Crippen LogP contribution in [0.4, 0.5) is 5.69 Å². The van der Waals surface area contributed by atoms with Crippen molar-refractivity contribution in [1.29, 1.82) is 0 Å². The summed E-state index contributed by atoms with van der Waals surface area (Å²) in [7, 11) is 0. The summed E-state index contributed by atoms with van der Waals surface area (Å²) in [6, 6.07) is 9.44. The van der Waals surface area contributed by atoms with Crippen LogP contribution in [-0.2, 0) is 4.79 Å². The van der Waals surface area contributed by atoms with Crippen LogP contribution in [0.25, 0.3) is 6.08 Å². The van der Waals surface area contributed by atoms with Crippen molar-refractivity contribution >= 4 is 57.6 Å². The molecule has 0 spiro atoms. The first-order valence-corrected chi connectivity index (χ1v) is 7.63. The Hall–Kier alpha value is -1.67. The van der Waals surface area contributed by atoms with Gasteiger partial charge in [-0.2, -0.15) is 0 Å². The van der Waals surface area contributed by atoms with Gasteiger partial charge in [0, 0.05) is 15.3 Å². The maximum absolute atomic E-state index is 11.7. The number of benzene rings is 1. The minimum absolute atomic E-state index is 0.258. The van der Waals surface area contributed by atoms with Gasteiger partial charge in [0.1, 0.15) is 5.76 Å². The second kappa shape index (κ2) is 7.37. The van der Waals surface area contributed by atoms with Crippen LogP contribution < -0.4 is 10.6 Å². The van der Waals surface area contributed by atoms with Gasteiger partial charge in [-0.05, 0) is 83.7 Å². The molecule has 0 fully saturated rings. The minimum Gasteiger partial charge on any atom is -0.465 e. The fraction of sp³-hybridized carbons (Fsp3) is 0.0667. The summed E-state index contributed by atoms with van der Waals surface area (Å²) in [6.07, 6.45) is 4.49. The van der Waals surface area contributed by atoms with E-state index < -0.39 is 0 Å². The van der Waals surface area contributed by atoms with Crippen molar-refractivity contribution in [3.05, 3.63) is 57.6 Å². The van der Waals surface area contributed by atoms with Gasteiger partial charge in [0.15, 0.2) is 5.11 Å². The zero-order valence-electron chi connectivity index (χ0n) is 11.2. The maximum atomic E-state index is 11.7. The van der Waals surface area contributed by atoms with Gasteiger partial charge in [0.2, 0.25) is 5.91 Å². The van der Waals surface area contributed by atoms with E-state index in [9.17, 15) is 4.79 Å². The van der Waals surface area contributed by atoms with Crippen LogP contribution in [0.15, 0.2) is 47.1 Å². The van der Waals surface area contributed by atoms with E-state index >= 15 is 0 Å². The highest BCUT2D eigenvalue weighted by molar-refractivity contribution is 14.1. The third-order valence-corrected chi connectivity index (χ3v) is 3.49. The molecule has 2 N–H and O–H groups in total. The van der Waals surface area contributed by atoms with E-state index in [1.807, 2.05) is 25.1 Å². The van der Waals surface area contributed by atoms with Gasteiger partial charge in [0.05, 0.1) is 6.26 Å². The number of halogens is 1. The van der Waals surface area contributed by atoms with Crippen molar-refractivity contribution in [2.45, 2.75) is 6.92 Å². The van der Waals surface area contributed by atoms with Crippen LogP contribution in [0.3, 0.4) is 0 Å². The molecule has 21 heavy (non-hydrogen) atoms. The number of rotatable bonds is 3. The van der Waals surface area contributed by atoms with Crippen LogP contribution in [0.1, 0.15) is 11.3 Å². The van der Waals surface area contributed by atoms with E-state index in [0.717, 1.165) is 14.8 Å². The third-order valence-electron chi connectivity index (χ3n) is 2.62. The van der Waals surface area contributed by atoms with Gasteiger partial charge < -0.3 is 9.73 Å². The predicted molar refractivity (Wildman–Crippen MR) is 96.0 cm³/mol. The number of hydrogen-bond acceptors (Lipinski definition) is 3. The highest BCUT2D eigenvalue weighted by atomic mass is 127. The van der Waals surface area contributed by atoms with Crippen LogP contribution in [-0.4, -0.2) is 11.0 Å². The lowest BCUT2D eigenvalue weighted by Crippen LogP contribution is -2.33. The van der Waals surface area contributed by atoms with Crippen LogP contribution in [0, 0.1) is 10.5 Å². The van der Waals surface area contributed by atoms with Gasteiger partial charge in [0.25, 0.3) is 0 Å². The number of nitrogens with one attached hydrogen (secondary N) is 2. The molecule has 0 atom stereocenters. The van der Waals surface area contributed by atoms with Crippen molar-refractivity contribution in [3.63, 3.8) is 0 Å². The SMILES string of the molecule is Cc1cc(I)ccc1NC(=S)NC(=O)/C=C/c1ccco1. The average molecular weight is 412 g/mol. The number of aryl methyl sites for hydroxylation is 1. The molecule has 0 unspecified atom stereocenters. The van der Waals surface area contributed by atoms with Crippen LogP contribution in [0.2, 0.25) is 0 Å². The molecular formula is C15H13IN2O2S. The van der Waals surface area contributed by atoms with E-state index in [4.69, 9.17) is 16.6 Å². The molecule has 0 bridgehead atoms. The fourth-order valence-corrected chi connectivity index (χ4v) is 2.48. The molecule has 1 amide bonds. The number of hydrogen-bond donors (Lipinski definition) is 2. The standard InChI is InChI=1S/C15H13IN2O2S/c1-10-9-11(16)4-6-13(10)17-15(21)18-14(19)7-5-12-3-2-8-20-12/h2-9H,1H3,(H2,17,18,19,21)/b7-5+. The number of furan rings is 1. The lowest BCUT2D eigenvalue weighted by atomic mass is 10.2. The summed E-state index contributed by atoms with van der Waals surface area (Å²) in [4.78, 5) is 11.7. The summed E-state index contributed by atoms with van der Waals surface area (Å²) in [6.45, 7) is 1.98. The minimum atomic E-state index is -0.313. The predicted octanol–water partition coefficient (Wildman–Crippen LogP) is 3.72. The number of anilines is 1. The lowest BCUT2D eigenvalue weighted by molar-refractivity contribution is -0.115. The molecule has 0 aliphatic carbocycles. The second-order valence-electron chi connectivity index (χ2n) is 4.25. The Labute approximate surface area is 141 Å². The molecule has 0 aliphatic heterocycles. The smallest absolute Gasteiger partial charge is 0.250 e. The second-order valence-corrected chi connectivity index (χ2v) is 5.91. The molecule has 0 radical (unpaired) electrons. The molecule has 0 saturated carbocycles. The molecule has 0 saturated heterocycles.